The summed E-state index contributed by atoms with van der Waals surface area (Å²) < 4.78 is 0. The zero-order valence-corrected chi connectivity index (χ0v) is 7.75. The summed E-state index contributed by atoms with van der Waals surface area (Å²) in [5.41, 5.74) is 1.11. The molecule has 2 heteroatoms. The Kier molecular flexibility index (Phi) is 3.74. The van der Waals surface area contributed by atoms with Gasteiger partial charge in [-0.05, 0) is 24.6 Å². The van der Waals surface area contributed by atoms with E-state index in [1.54, 1.807) is 0 Å². The molecule has 0 aromatic carbocycles. The van der Waals surface area contributed by atoms with Gasteiger partial charge in [0.15, 0.2) is 0 Å². The fourth-order valence-corrected chi connectivity index (χ4v) is 0.992. The topological polar surface area (TPSA) is 24.9 Å². The molecule has 0 aliphatic heterocycles. The molecule has 0 amide bonds. The number of nitrogens with one attached hydrogen (secondary N) is 1. The van der Waals surface area contributed by atoms with E-state index < -0.39 is 0 Å². The molecule has 0 bridgehead atoms. The van der Waals surface area contributed by atoms with E-state index in [4.69, 9.17) is 0 Å². The fourth-order valence-electron chi connectivity index (χ4n) is 0.992. The largest absolute Gasteiger partial charge is 0.311 e. The highest BCUT2D eigenvalue weighted by atomic mass is 14.9. The van der Waals surface area contributed by atoms with Crippen molar-refractivity contribution in [1.82, 2.24) is 10.3 Å². The lowest BCUT2D eigenvalue weighted by atomic mass is 10.2. The van der Waals surface area contributed by atoms with Crippen LogP contribution in [0, 0.1) is 5.92 Å². The van der Waals surface area contributed by atoms with Gasteiger partial charge in [0.25, 0.3) is 0 Å². The third-order valence-corrected chi connectivity index (χ3v) is 1.58. The van der Waals surface area contributed by atoms with Crippen molar-refractivity contribution in [3.63, 3.8) is 0 Å². The average Bonchev–Trinajstić information content (AvgIpc) is 2.05. The van der Waals surface area contributed by atoms with Crippen LogP contribution in [0.2, 0.25) is 0 Å². The van der Waals surface area contributed by atoms with Gasteiger partial charge in [-0.2, -0.15) is 0 Å². The van der Waals surface area contributed by atoms with Crippen molar-refractivity contribution in [2.24, 2.45) is 5.92 Å². The van der Waals surface area contributed by atoms with Crippen LogP contribution >= 0.6 is 0 Å². The summed E-state index contributed by atoms with van der Waals surface area (Å²) in [6.45, 7) is 6.33. The molecule has 0 saturated carbocycles. The van der Waals surface area contributed by atoms with E-state index in [2.05, 4.69) is 24.1 Å². The number of hydrogen-bond donors (Lipinski definition) is 1. The number of nitrogens with zero attached hydrogens (tertiary/aromatic N) is 1. The second kappa shape index (κ2) is 4.88. The van der Waals surface area contributed by atoms with Crippen LogP contribution in [0.3, 0.4) is 0 Å². The molecule has 0 spiro atoms. The average molecular weight is 164 g/mol. The van der Waals surface area contributed by atoms with Gasteiger partial charge in [0.05, 0.1) is 5.69 Å². The van der Waals surface area contributed by atoms with E-state index in [9.17, 15) is 0 Å². The van der Waals surface area contributed by atoms with E-state index in [0.717, 1.165) is 18.8 Å². The van der Waals surface area contributed by atoms with E-state index in [1.165, 1.54) is 0 Å². The van der Waals surface area contributed by atoms with Gasteiger partial charge < -0.3 is 5.32 Å². The van der Waals surface area contributed by atoms with Crippen LogP contribution in [0.15, 0.2) is 24.4 Å². The molecule has 0 unspecified atom stereocenters. The maximum Gasteiger partial charge on any atom is 0.0541 e. The quantitative estimate of drug-likeness (QED) is 0.734. The van der Waals surface area contributed by atoms with E-state index >= 15 is 0 Å². The van der Waals surface area contributed by atoms with Crippen LogP contribution in [0.1, 0.15) is 19.5 Å². The summed E-state index contributed by atoms with van der Waals surface area (Å²) in [6, 6.07) is 5.98. The molecular formula is C10H16N2. The lowest BCUT2D eigenvalue weighted by molar-refractivity contribution is 0.548. The third kappa shape index (κ3) is 3.49. The van der Waals surface area contributed by atoms with Crippen molar-refractivity contribution in [3.05, 3.63) is 30.1 Å². The minimum atomic E-state index is 0.703. The van der Waals surface area contributed by atoms with Crippen LogP contribution in [-0.2, 0) is 6.54 Å². The first-order valence-corrected chi connectivity index (χ1v) is 4.39. The number of rotatable bonds is 4. The molecule has 0 atom stereocenters. The number of hydrogen-bond acceptors (Lipinski definition) is 2. The predicted molar refractivity (Wildman–Crippen MR) is 50.8 cm³/mol. The second-order valence-electron chi connectivity index (χ2n) is 3.35. The van der Waals surface area contributed by atoms with Crippen molar-refractivity contribution in [1.29, 1.82) is 0 Å². The Hall–Kier alpha value is -0.890. The molecule has 2 nitrogen and oxygen atoms in total. The molecule has 0 radical (unpaired) electrons. The first-order valence-electron chi connectivity index (χ1n) is 4.39. The maximum absolute atomic E-state index is 4.21. The van der Waals surface area contributed by atoms with Gasteiger partial charge in [-0.15, -0.1) is 0 Å². The van der Waals surface area contributed by atoms with Gasteiger partial charge in [-0.1, -0.05) is 19.9 Å². The maximum atomic E-state index is 4.21. The molecule has 0 saturated heterocycles. The lowest BCUT2D eigenvalue weighted by Gasteiger charge is -2.05. The summed E-state index contributed by atoms with van der Waals surface area (Å²) in [5, 5.41) is 3.34. The Balaban J connectivity index is 2.25. The van der Waals surface area contributed by atoms with Gasteiger partial charge in [0.1, 0.15) is 0 Å². The van der Waals surface area contributed by atoms with Gasteiger partial charge >= 0.3 is 0 Å². The second-order valence-corrected chi connectivity index (χ2v) is 3.35. The molecule has 0 aliphatic rings. The van der Waals surface area contributed by atoms with Crippen molar-refractivity contribution >= 4 is 0 Å². The molecule has 1 aromatic heterocycles. The van der Waals surface area contributed by atoms with Crippen molar-refractivity contribution in [3.8, 4) is 0 Å². The van der Waals surface area contributed by atoms with E-state index in [0.29, 0.717) is 5.92 Å². The molecule has 1 aromatic rings. The Labute approximate surface area is 74.0 Å². The normalized spacial score (nSPS) is 10.6. The molecule has 0 aliphatic carbocycles. The summed E-state index contributed by atoms with van der Waals surface area (Å²) in [5.74, 6) is 0.703. The Bertz CT molecular complexity index is 206. The summed E-state index contributed by atoms with van der Waals surface area (Å²) in [6.07, 6.45) is 1.83. The molecule has 0 fully saturated rings. The minimum absolute atomic E-state index is 0.703. The number of aromatic nitrogens is 1. The molecule has 66 valence electrons. The van der Waals surface area contributed by atoms with Gasteiger partial charge in [-0.25, -0.2) is 0 Å². The van der Waals surface area contributed by atoms with Crippen LogP contribution in [-0.4, -0.2) is 11.5 Å². The predicted octanol–water partition coefficient (Wildman–Crippen LogP) is 1.83. The van der Waals surface area contributed by atoms with Crippen molar-refractivity contribution < 1.29 is 0 Å². The summed E-state index contributed by atoms with van der Waals surface area (Å²) in [7, 11) is 0. The monoisotopic (exact) mass is 164 g/mol. The Morgan fingerprint density at radius 3 is 2.83 bits per heavy atom. The lowest BCUT2D eigenvalue weighted by Crippen LogP contribution is -2.19. The van der Waals surface area contributed by atoms with Gasteiger partial charge in [0, 0.05) is 12.7 Å². The number of pyridine rings is 1. The van der Waals surface area contributed by atoms with Crippen molar-refractivity contribution in [2.75, 3.05) is 6.54 Å². The van der Waals surface area contributed by atoms with Crippen LogP contribution in [0.5, 0.6) is 0 Å². The molecular weight excluding hydrogens is 148 g/mol. The Morgan fingerprint density at radius 2 is 2.25 bits per heavy atom. The standard InChI is InChI=1S/C10H16N2/c1-9(2)7-11-8-10-5-3-4-6-12-10/h3-6,9,11H,7-8H2,1-2H3. The SMILES string of the molecule is CC(C)CNCc1ccccn1. The summed E-state index contributed by atoms with van der Waals surface area (Å²) in [4.78, 5) is 4.21. The highest BCUT2D eigenvalue weighted by Gasteiger charge is 1.94. The Morgan fingerprint density at radius 1 is 1.42 bits per heavy atom. The molecule has 1 heterocycles. The van der Waals surface area contributed by atoms with Crippen LogP contribution < -0.4 is 5.32 Å². The molecule has 1 N–H and O–H groups in total. The van der Waals surface area contributed by atoms with E-state index in [1.807, 2.05) is 24.4 Å². The zero-order valence-electron chi connectivity index (χ0n) is 7.75. The minimum Gasteiger partial charge on any atom is -0.311 e. The van der Waals surface area contributed by atoms with E-state index in [-0.39, 0.29) is 0 Å². The first kappa shape index (κ1) is 9.20. The third-order valence-electron chi connectivity index (χ3n) is 1.58. The van der Waals surface area contributed by atoms with Crippen LogP contribution in [0.25, 0.3) is 0 Å². The smallest absolute Gasteiger partial charge is 0.0541 e. The first-order chi connectivity index (χ1) is 5.79. The fraction of sp³-hybridized carbons (Fsp3) is 0.500. The van der Waals surface area contributed by atoms with Gasteiger partial charge in [0.2, 0.25) is 0 Å². The van der Waals surface area contributed by atoms with Crippen molar-refractivity contribution in [2.45, 2.75) is 20.4 Å². The summed E-state index contributed by atoms with van der Waals surface area (Å²) >= 11 is 0. The highest BCUT2D eigenvalue weighted by Crippen LogP contribution is 1.93. The van der Waals surface area contributed by atoms with Gasteiger partial charge in [-0.3, -0.25) is 4.98 Å². The molecule has 12 heavy (non-hydrogen) atoms. The highest BCUT2D eigenvalue weighted by molar-refractivity contribution is 5.02. The zero-order chi connectivity index (χ0) is 8.81. The molecule has 1 rings (SSSR count). The van der Waals surface area contributed by atoms with Crippen LogP contribution in [0.4, 0.5) is 0 Å².